The lowest BCUT2D eigenvalue weighted by molar-refractivity contribution is -0.137. The number of pyridine rings is 1. The lowest BCUT2D eigenvalue weighted by atomic mass is 9.44. The first-order chi connectivity index (χ1) is 16.4. The summed E-state index contributed by atoms with van der Waals surface area (Å²) < 4.78 is 1.85. The maximum atomic E-state index is 13.6. The summed E-state index contributed by atoms with van der Waals surface area (Å²) in [5.74, 6) is 4.95. The van der Waals surface area contributed by atoms with Gasteiger partial charge in [-0.3, -0.25) is 14.5 Å². The first kappa shape index (κ1) is 24.0. The Morgan fingerprint density at radius 1 is 1.03 bits per heavy atom. The molecule has 0 amide bonds. The third-order valence-corrected chi connectivity index (χ3v) is 11.0. The van der Waals surface area contributed by atoms with Crippen LogP contribution in [0, 0.1) is 46.3 Å². The molecule has 2 aromatic heterocycles. The highest BCUT2D eigenvalue weighted by molar-refractivity contribution is 5.83. The van der Waals surface area contributed by atoms with Gasteiger partial charge in [0.2, 0.25) is 0 Å². The van der Waals surface area contributed by atoms with Gasteiger partial charge < -0.3 is 0 Å². The fraction of sp³-hybridized carbons (Fsp3) is 0.767. The number of carbonyl (C=O) groups excluding carboxylic acids is 1. The quantitative estimate of drug-likeness (QED) is 0.479. The molecule has 0 radical (unpaired) electrons. The zero-order valence-corrected chi connectivity index (χ0v) is 22.1. The van der Waals surface area contributed by atoms with Crippen molar-refractivity contribution in [1.29, 1.82) is 0 Å². The Hall–Kier alpha value is -1.71. The molecule has 4 aliphatic rings. The Bertz CT molecular complexity index is 996. The van der Waals surface area contributed by atoms with Gasteiger partial charge >= 0.3 is 0 Å². The monoisotopic (exact) mass is 463 g/mol. The van der Waals surface area contributed by atoms with Crippen LogP contribution in [-0.2, 0) is 11.3 Å². The molecule has 4 saturated carbocycles. The molecular formula is C30H45N3O. The summed E-state index contributed by atoms with van der Waals surface area (Å²) in [6, 6.07) is 1.97. The Balaban J connectivity index is 0.00000117. The van der Waals surface area contributed by atoms with E-state index in [1.54, 1.807) is 12.4 Å². The SMILES string of the molecule is CC.CC1CC[C@@]2(C)C(CCC3C4CC[C@H](C(=O)Cn5cc6ccncc6n5)C4(C)CCC32)C1. The molecule has 4 aliphatic carbocycles. The number of nitrogens with zero attached hydrogens (tertiary/aromatic N) is 3. The van der Waals surface area contributed by atoms with Crippen LogP contribution in [0.1, 0.15) is 92.4 Å². The van der Waals surface area contributed by atoms with Gasteiger partial charge in [-0.2, -0.15) is 5.10 Å². The molecule has 0 N–H and O–H groups in total. The fourth-order valence-corrected chi connectivity index (χ4v) is 9.27. The smallest absolute Gasteiger partial charge is 0.157 e. The number of hydrogen-bond donors (Lipinski definition) is 0. The average molecular weight is 464 g/mol. The van der Waals surface area contributed by atoms with Gasteiger partial charge in [0.25, 0.3) is 0 Å². The Morgan fingerprint density at radius 2 is 1.79 bits per heavy atom. The molecule has 4 fully saturated rings. The molecule has 4 heteroatoms. The minimum atomic E-state index is 0.192. The van der Waals surface area contributed by atoms with E-state index in [4.69, 9.17) is 0 Å². The van der Waals surface area contributed by atoms with Crippen LogP contribution < -0.4 is 0 Å². The normalized spacial score (nSPS) is 41.1. The Morgan fingerprint density at radius 3 is 2.59 bits per heavy atom. The maximum absolute atomic E-state index is 13.6. The van der Waals surface area contributed by atoms with Crippen LogP contribution in [0.2, 0.25) is 0 Å². The van der Waals surface area contributed by atoms with E-state index in [2.05, 4.69) is 30.9 Å². The molecule has 0 aliphatic heterocycles. The van der Waals surface area contributed by atoms with Crippen LogP contribution in [0.4, 0.5) is 0 Å². The first-order valence-corrected chi connectivity index (χ1v) is 14.2. The van der Waals surface area contributed by atoms with E-state index in [9.17, 15) is 4.79 Å². The molecule has 186 valence electrons. The van der Waals surface area contributed by atoms with E-state index in [0.29, 0.717) is 17.7 Å². The van der Waals surface area contributed by atoms with Gasteiger partial charge in [-0.25, -0.2) is 0 Å². The van der Waals surface area contributed by atoms with Crippen molar-refractivity contribution in [2.24, 2.45) is 46.3 Å². The van der Waals surface area contributed by atoms with E-state index >= 15 is 0 Å². The van der Waals surface area contributed by atoms with Crippen LogP contribution in [-0.4, -0.2) is 20.5 Å². The van der Waals surface area contributed by atoms with Crippen molar-refractivity contribution >= 4 is 16.7 Å². The summed E-state index contributed by atoms with van der Waals surface area (Å²) in [6.45, 7) is 12.0. The summed E-state index contributed by atoms with van der Waals surface area (Å²) in [7, 11) is 0. The molecule has 6 unspecified atom stereocenters. The highest BCUT2D eigenvalue weighted by atomic mass is 16.1. The van der Waals surface area contributed by atoms with Crippen molar-refractivity contribution in [3.05, 3.63) is 24.7 Å². The zero-order chi connectivity index (χ0) is 24.1. The second kappa shape index (κ2) is 9.06. The van der Waals surface area contributed by atoms with Crippen LogP contribution >= 0.6 is 0 Å². The number of aromatic nitrogens is 3. The average Bonchev–Trinajstić information content (AvgIpc) is 3.40. The van der Waals surface area contributed by atoms with Crippen molar-refractivity contribution in [3.8, 4) is 0 Å². The molecular weight excluding hydrogens is 418 g/mol. The molecule has 4 nitrogen and oxygen atoms in total. The summed E-state index contributed by atoms with van der Waals surface area (Å²) in [5, 5.41) is 5.68. The number of hydrogen-bond acceptors (Lipinski definition) is 3. The Kier molecular flexibility index (Phi) is 6.40. The highest BCUT2D eigenvalue weighted by Gasteiger charge is 2.60. The molecule has 0 bridgehead atoms. The van der Waals surface area contributed by atoms with E-state index in [0.717, 1.165) is 46.9 Å². The van der Waals surface area contributed by atoms with Crippen molar-refractivity contribution in [2.45, 2.75) is 99.0 Å². The molecule has 2 aromatic rings. The van der Waals surface area contributed by atoms with Crippen LogP contribution in [0.25, 0.3) is 10.9 Å². The van der Waals surface area contributed by atoms with Gasteiger partial charge in [0.1, 0.15) is 5.52 Å². The molecule has 0 aromatic carbocycles. The summed E-state index contributed by atoms with van der Waals surface area (Å²) >= 11 is 0. The standard InChI is InChI=1S/C28H39N3O.C2H6/c1-18-8-11-27(2)20(14-18)4-5-21-22-6-7-24(28(22,3)12-9-23(21)27)26(32)17-31-16-19-10-13-29-15-25(19)30-31;1-2/h10,13,15-16,18,20-24H,4-9,11-12,14,17H2,1-3H3;1-2H3/t18?,20?,21?,22?,23?,24-,27+,28?;/m1./s1. The van der Waals surface area contributed by atoms with Crippen LogP contribution in [0.15, 0.2) is 24.7 Å². The second-order valence-electron chi connectivity index (χ2n) is 12.4. The number of rotatable bonds is 3. The summed E-state index contributed by atoms with van der Waals surface area (Å²) in [4.78, 5) is 17.7. The number of Topliss-reactive ketones (excluding diaryl/α,β-unsaturated/α-hetero) is 1. The number of carbonyl (C=O) groups is 1. The largest absolute Gasteiger partial charge is 0.297 e. The zero-order valence-electron chi connectivity index (χ0n) is 22.1. The van der Waals surface area contributed by atoms with Crippen LogP contribution in [0.5, 0.6) is 0 Å². The first-order valence-electron chi connectivity index (χ1n) is 14.2. The van der Waals surface area contributed by atoms with Crippen molar-refractivity contribution < 1.29 is 4.79 Å². The molecule has 0 spiro atoms. The molecule has 2 heterocycles. The maximum Gasteiger partial charge on any atom is 0.157 e. The van der Waals surface area contributed by atoms with Gasteiger partial charge in [-0.1, -0.05) is 41.0 Å². The van der Waals surface area contributed by atoms with Gasteiger partial charge in [0.05, 0.1) is 12.7 Å². The minimum absolute atomic E-state index is 0.192. The van der Waals surface area contributed by atoms with Gasteiger partial charge in [-0.05, 0) is 97.9 Å². The van der Waals surface area contributed by atoms with Gasteiger partial charge in [0.15, 0.2) is 5.78 Å². The molecule has 6 rings (SSSR count). The lowest BCUT2D eigenvalue weighted by Gasteiger charge is -2.61. The third kappa shape index (κ3) is 3.75. The molecule has 8 atom stereocenters. The highest BCUT2D eigenvalue weighted by Crippen LogP contribution is 2.67. The predicted octanol–water partition coefficient (Wildman–Crippen LogP) is 7.32. The van der Waals surface area contributed by atoms with E-state index in [-0.39, 0.29) is 11.3 Å². The molecule has 34 heavy (non-hydrogen) atoms. The molecule has 0 saturated heterocycles. The van der Waals surface area contributed by atoms with Crippen molar-refractivity contribution in [1.82, 2.24) is 14.8 Å². The second-order valence-corrected chi connectivity index (χ2v) is 12.4. The number of ketones is 1. The van der Waals surface area contributed by atoms with Crippen molar-refractivity contribution in [2.75, 3.05) is 0 Å². The number of fused-ring (bicyclic) bond motifs is 6. The van der Waals surface area contributed by atoms with E-state index in [1.165, 1.54) is 51.4 Å². The fourth-order valence-electron chi connectivity index (χ4n) is 9.27. The lowest BCUT2D eigenvalue weighted by Crippen LogP contribution is -2.53. The Labute approximate surface area is 206 Å². The van der Waals surface area contributed by atoms with Gasteiger partial charge in [0, 0.05) is 23.7 Å². The van der Waals surface area contributed by atoms with Crippen molar-refractivity contribution in [3.63, 3.8) is 0 Å². The van der Waals surface area contributed by atoms with Crippen LogP contribution in [0.3, 0.4) is 0 Å². The predicted molar refractivity (Wildman–Crippen MR) is 138 cm³/mol. The summed E-state index contributed by atoms with van der Waals surface area (Å²) in [6.07, 6.45) is 17.7. The topological polar surface area (TPSA) is 47.8 Å². The minimum Gasteiger partial charge on any atom is -0.297 e. The van der Waals surface area contributed by atoms with E-state index in [1.807, 2.05) is 30.8 Å². The third-order valence-electron chi connectivity index (χ3n) is 11.0. The van der Waals surface area contributed by atoms with E-state index < -0.39 is 0 Å². The van der Waals surface area contributed by atoms with Gasteiger partial charge in [-0.15, -0.1) is 0 Å². The summed E-state index contributed by atoms with van der Waals surface area (Å²) in [5.41, 5.74) is 1.63.